The van der Waals surface area contributed by atoms with Crippen molar-refractivity contribution in [2.75, 3.05) is 0 Å². The summed E-state index contributed by atoms with van der Waals surface area (Å²) in [6, 6.07) is 8.96. The highest BCUT2D eigenvalue weighted by atomic mass is 14.9. The van der Waals surface area contributed by atoms with E-state index < -0.39 is 0 Å². The maximum Gasteiger partial charge on any atom is 0.159 e. The van der Waals surface area contributed by atoms with Crippen LogP contribution in [0.2, 0.25) is 0 Å². The SMILES string of the molecule is CCCC1CCC(c2ccc(-c3ncc(CC)cn3)cc2)CC1. The minimum atomic E-state index is 0.751. The number of nitrogens with zero attached hydrogens (tertiary/aromatic N) is 2. The maximum atomic E-state index is 4.48. The topological polar surface area (TPSA) is 25.8 Å². The Morgan fingerprint density at radius 3 is 2.13 bits per heavy atom. The van der Waals surface area contributed by atoms with Gasteiger partial charge in [0.2, 0.25) is 0 Å². The smallest absolute Gasteiger partial charge is 0.159 e. The molecule has 2 aromatic rings. The molecule has 1 aromatic heterocycles. The molecule has 0 radical (unpaired) electrons. The van der Waals surface area contributed by atoms with Crippen LogP contribution in [0.15, 0.2) is 36.7 Å². The molecule has 2 nitrogen and oxygen atoms in total. The summed E-state index contributed by atoms with van der Waals surface area (Å²) in [5.74, 6) is 2.56. The van der Waals surface area contributed by atoms with E-state index >= 15 is 0 Å². The zero-order chi connectivity index (χ0) is 16.1. The third kappa shape index (κ3) is 3.99. The van der Waals surface area contributed by atoms with E-state index in [1.807, 2.05) is 12.4 Å². The summed E-state index contributed by atoms with van der Waals surface area (Å²) in [5.41, 5.74) is 3.80. The summed E-state index contributed by atoms with van der Waals surface area (Å²) >= 11 is 0. The van der Waals surface area contributed by atoms with E-state index in [-0.39, 0.29) is 0 Å². The first kappa shape index (κ1) is 16.2. The second-order valence-electron chi connectivity index (χ2n) is 6.90. The van der Waals surface area contributed by atoms with Crippen molar-refractivity contribution >= 4 is 0 Å². The van der Waals surface area contributed by atoms with Crippen LogP contribution in [0.3, 0.4) is 0 Å². The summed E-state index contributed by atoms with van der Waals surface area (Å²) in [6.07, 6.45) is 13.1. The Morgan fingerprint density at radius 2 is 1.57 bits per heavy atom. The molecule has 1 aromatic carbocycles. The molecule has 2 heteroatoms. The Labute approximate surface area is 140 Å². The predicted molar refractivity (Wildman–Crippen MR) is 96.5 cm³/mol. The lowest BCUT2D eigenvalue weighted by atomic mass is 9.77. The first-order chi connectivity index (χ1) is 11.3. The van der Waals surface area contributed by atoms with Gasteiger partial charge in [-0.25, -0.2) is 9.97 Å². The standard InChI is InChI=1S/C21H28N2/c1-3-5-17-6-8-18(9-7-17)19-10-12-20(13-11-19)21-22-14-16(4-2)15-23-21/h10-15,17-18H,3-9H2,1-2H3. The van der Waals surface area contributed by atoms with Crippen LogP contribution >= 0.6 is 0 Å². The van der Waals surface area contributed by atoms with E-state index in [4.69, 9.17) is 0 Å². The highest BCUT2D eigenvalue weighted by Gasteiger charge is 2.21. The summed E-state index contributed by atoms with van der Waals surface area (Å²) in [5, 5.41) is 0. The first-order valence-corrected chi connectivity index (χ1v) is 9.21. The van der Waals surface area contributed by atoms with Crippen LogP contribution < -0.4 is 0 Å². The van der Waals surface area contributed by atoms with Crippen molar-refractivity contribution in [3.05, 3.63) is 47.8 Å². The number of aromatic nitrogens is 2. The van der Waals surface area contributed by atoms with Crippen molar-refractivity contribution in [1.29, 1.82) is 0 Å². The highest BCUT2D eigenvalue weighted by Crippen LogP contribution is 2.37. The van der Waals surface area contributed by atoms with E-state index in [1.165, 1.54) is 49.7 Å². The molecule has 1 saturated carbocycles. The van der Waals surface area contributed by atoms with E-state index in [0.29, 0.717) is 0 Å². The largest absolute Gasteiger partial charge is 0.236 e. The molecule has 0 bridgehead atoms. The van der Waals surface area contributed by atoms with Gasteiger partial charge >= 0.3 is 0 Å². The van der Waals surface area contributed by atoms with Gasteiger partial charge in [0.15, 0.2) is 5.82 Å². The predicted octanol–water partition coefficient (Wildman–Crippen LogP) is 5.78. The lowest BCUT2D eigenvalue weighted by Gasteiger charge is -2.28. The fourth-order valence-corrected chi connectivity index (χ4v) is 3.78. The van der Waals surface area contributed by atoms with Gasteiger partial charge in [-0.15, -0.1) is 0 Å². The maximum absolute atomic E-state index is 4.48. The first-order valence-electron chi connectivity index (χ1n) is 9.21. The lowest BCUT2D eigenvalue weighted by Crippen LogP contribution is -2.13. The van der Waals surface area contributed by atoms with Crippen LogP contribution in [0.5, 0.6) is 0 Å². The quantitative estimate of drug-likeness (QED) is 0.699. The van der Waals surface area contributed by atoms with Gasteiger partial charge in [0, 0.05) is 18.0 Å². The molecule has 0 atom stereocenters. The van der Waals surface area contributed by atoms with Crippen LogP contribution in [0.25, 0.3) is 11.4 Å². The molecule has 1 fully saturated rings. The van der Waals surface area contributed by atoms with E-state index in [1.54, 1.807) is 0 Å². The van der Waals surface area contributed by atoms with Crippen molar-refractivity contribution in [2.45, 2.75) is 64.7 Å². The minimum Gasteiger partial charge on any atom is -0.236 e. The van der Waals surface area contributed by atoms with Crippen LogP contribution in [-0.2, 0) is 6.42 Å². The monoisotopic (exact) mass is 308 g/mol. The molecule has 1 aliphatic carbocycles. The number of rotatable bonds is 5. The molecular weight excluding hydrogens is 280 g/mol. The molecule has 0 spiro atoms. The van der Waals surface area contributed by atoms with Gasteiger partial charge in [0.05, 0.1) is 0 Å². The molecule has 0 aliphatic heterocycles. The van der Waals surface area contributed by atoms with Crippen LogP contribution in [0, 0.1) is 5.92 Å². The summed E-state index contributed by atoms with van der Waals surface area (Å²) in [7, 11) is 0. The molecular formula is C21H28N2. The zero-order valence-electron chi connectivity index (χ0n) is 14.5. The number of hydrogen-bond acceptors (Lipinski definition) is 2. The van der Waals surface area contributed by atoms with Crippen molar-refractivity contribution in [3.8, 4) is 11.4 Å². The van der Waals surface area contributed by atoms with Gasteiger partial charge < -0.3 is 0 Å². The van der Waals surface area contributed by atoms with Crippen LogP contribution in [-0.4, -0.2) is 9.97 Å². The molecule has 23 heavy (non-hydrogen) atoms. The average molecular weight is 308 g/mol. The summed E-state index contributed by atoms with van der Waals surface area (Å²) in [6.45, 7) is 4.43. The second kappa shape index (κ2) is 7.72. The molecule has 3 rings (SSSR count). The van der Waals surface area contributed by atoms with Crippen molar-refractivity contribution in [2.24, 2.45) is 5.92 Å². The zero-order valence-corrected chi connectivity index (χ0v) is 14.5. The van der Waals surface area contributed by atoms with Gasteiger partial charge in [-0.2, -0.15) is 0 Å². The third-order valence-electron chi connectivity index (χ3n) is 5.30. The van der Waals surface area contributed by atoms with Gasteiger partial charge in [-0.05, 0) is 55.1 Å². The highest BCUT2D eigenvalue weighted by molar-refractivity contribution is 5.55. The Morgan fingerprint density at radius 1 is 0.913 bits per heavy atom. The molecule has 0 N–H and O–H groups in total. The molecule has 1 aliphatic rings. The molecule has 0 amide bonds. The van der Waals surface area contributed by atoms with Crippen molar-refractivity contribution < 1.29 is 0 Å². The van der Waals surface area contributed by atoms with Crippen molar-refractivity contribution in [1.82, 2.24) is 9.97 Å². The lowest BCUT2D eigenvalue weighted by molar-refractivity contribution is 0.308. The Bertz CT molecular complexity index is 593. The van der Waals surface area contributed by atoms with Gasteiger partial charge in [0.1, 0.15) is 0 Å². The third-order valence-corrected chi connectivity index (χ3v) is 5.30. The molecule has 0 saturated heterocycles. The van der Waals surface area contributed by atoms with Crippen LogP contribution in [0.1, 0.15) is 69.4 Å². The van der Waals surface area contributed by atoms with Gasteiger partial charge in [-0.3, -0.25) is 0 Å². The second-order valence-corrected chi connectivity index (χ2v) is 6.90. The van der Waals surface area contributed by atoms with E-state index in [2.05, 4.69) is 48.1 Å². The fraction of sp³-hybridized carbons (Fsp3) is 0.524. The average Bonchev–Trinajstić information content (AvgIpc) is 2.63. The Hall–Kier alpha value is -1.70. The van der Waals surface area contributed by atoms with Crippen LogP contribution in [0.4, 0.5) is 0 Å². The van der Waals surface area contributed by atoms with Gasteiger partial charge in [-0.1, -0.05) is 51.0 Å². The Kier molecular flexibility index (Phi) is 5.43. The number of hydrogen-bond donors (Lipinski definition) is 0. The summed E-state index contributed by atoms with van der Waals surface area (Å²) in [4.78, 5) is 8.96. The van der Waals surface area contributed by atoms with Gasteiger partial charge in [0.25, 0.3) is 0 Å². The molecule has 122 valence electrons. The fourth-order valence-electron chi connectivity index (χ4n) is 3.78. The number of aryl methyl sites for hydroxylation is 1. The minimum absolute atomic E-state index is 0.751. The van der Waals surface area contributed by atoms with E-state index in [0.717, 1.165) is 29.6 Å². The molecule has 0 unspecified atom stereocenters. The number of benzene rings is 1. The van der Waals surface area contributed by atoms with E-state index in [9.17, 15) is 0 Å². The van der Waals surface area contributed by atoms with Crippen molar-refractivity contribution in [3.63, 3.8) is 0 Å². The normalized spacial score (nSPS) is 21.3. The summed E-state index contributed by atoms with van der Waals surface area (Å²) < 4.78 is 0. The molecule has 1 heterocycles. The Balaban J connectivity index is 1.65.